The fourth-order valence-corrected chi connectivity index (χ4v) is 2.45. The summed E-state index contributed by atoms with van der Waals surface area (Å²) in [7, 11) is 0. The molecular formula is C14H15F2N3O2. The van der Waals surface area contributed by atoms with Gasteiger partial charge in [-0.1, -0.05) is 6.07 Å². The number of nitrogens with one attached hydrogen (secondary N) is 1. The van der Waals surface area contributed by atoms with Crippen molar-refractivity contribution in [1.29, 1.82) is 0 Å². The Bertz CT molecular complexity index is 596. The Morgan fingerprint density at radius 2 is 1.95 bits per heavy atom. The first kappa shape index (κ1) is 13.9. The first-order chi connectivity index (χ1) is 9.92. The molecule has 1 aliphatic carbocycles. The number of nitrogens with two attached hydrogens (primary N) is 1. The molecule has 2 amide bonds. The summed E-state index contributed by atoms with van der Waals surface area (Å²) in [5.41, 5.74) is 4.51. The van der Waals surface area contributed by atoms with Gasteiger partial charge in [-0.3, -0.25) is 9.59 Å². The molecule has 1 saturated carbocycles. The number of amides is 2. The standard InChI is InChI=1S/C14H15F2N3O2/c15-8-2-1-3-9(16)11(8)19-7-4-10(12(19)20)18-13(21)14(17)5-6-14/h1-3,10H,4-7,17H2,(H,18,21). The maximum atomic E-state index is 13.7. The number of nitrogens with zero attached hydrogens (tertiary/aromatic N) is 1. The van der Waals surface area contributed by atoms with Crippen LogP contribution >= 0.6 is 0 Å². The number of carbonyl (C=O) groups is 2. The lowest BCUT2D eigenvalue weighted by Gasteiger charge is -2.19. The van der Waals surface area contributed by atoms with Crippen LogP contribution in [0.25, 0.3) is 0 Å². The summed E-state index contributed by atoms with van der Waals surface area (Å²) in [6.07, 6.45) is 1.48. The zero-order valence-corrected chi connectivity index (χ0v) is 11.2. The van der Waals surface area contributed by atoms with Crippen LogP contribution in [-0.4, -0.2) is 29.9 Å². The smallest absolute Gasteiger partial charge is 0.249 e. The summed E-state index contributed by atoms with van der Waals surface area (Å²) in [6, 6.07) is 2.64. The fourth-order valence-electron chi connectivity index (χ4n) is 2.45. The Balaban J connectivity index is 1.76. The van der Waals surface area contributed by atoms with Gasteiger partial charge in [0.1, 0.15) is 23.4 Å². The molecular weight excluding hydrogens is 280 g/mol. The second-order valence-electron chi connectivity index (χ2n) is 5.53. The first-order valence-electron chi connectivity index (χ1n) is 6.78. The summed E-state index contributed by atoms with van der Waals surface area (Å²) >= 11 is 0. The van der Waals surface area contributed by atoms with Gasteiger partial charge >= 0.3 is 0 Å². The quantitative estimate of drug-likeness (QED) is 0.861. The number of benzene rings is 1. The Morgan fingerprint density at radius 1 is 1.33 bits per heavy atom. The molecule has 1 unspecified atom stereocenters. The Morgan fingerprint density at radius 3 is 2.52 bits per heavy atom. The number of carbonyl (C=O) groups excluding carboxylic acids is 2. The van der Waals surface area contributed by atoms with E-state index >= 15 is 0 Å². The van der Waals surface area contributed by atoms with E-state index in [1.165, 1.54) is 6.07 Å². The highest BCUT2D eigenvalue weighted by Crippen LogP contribution is 2.33. The van der Waals surface area contributed by atoms with Crippen molar-refractivity contribution in [2.45, 2.75) is 30.8 Å². The molecule has 3 rings (SSSR count). The highest BCUT2D eigenvalue weighted by Gasteiger charge is 2.48. The molecule has 0 spiro atoms. The monoisotopic (exact) mass is 295 g/mol. The summed E-state index contributed by atoms with van der Waals surface area (Å²) in [5, 5.41) is 2.57. The van der Waals surface area contributed by atoms with Crippen molar-refractivity contribution in [3.8, 4) is 0 Å². The third-order valence-electron chi connectivity index (χ3n) is 3.96. The van der Waals surface area contributed by atoms with E-state index in [0.29, 0.717) is 19.3 Å². The highest BCUT2D eigenvalue weighted by molar-refractivity contribution is 6.02. The third kappa shape index (κ3) is 2.37. The molecule has 1 heterocycles. The third-order valence-corrected chi connectivity index (χ3v) is 3.96. The average Bonchev–Trinajstić information content (AvgIpc) is 3.10. The molecule has 112 valence electrons. The number of rotatable bonds is 3. The SMILES string of the molecule is NC1(C(=O)NC2CCN(c3c(F)cccc3F)C2=O)CC1. The van der Waals surface area contributed by atoms with Crippen LogP contribution in [-0.2, 0) is 9.59 Å². The molecule has 3 N–H and O–H groups in total. The lowest BCUT2D eigenvalue weighted by Crippen LogP contribution is -2.49. The van der Waals surface area contributed by atoms with E-state index in [-0.39, 0.29) is 18.1 Å². The second-order valence-corrected chi connectivity index (χ2v) is 5.53. The van der Waals surface area contributed by atoms with Gasteiger partial charge in [0.15, 0.2) is 0 Å². The average molecular weight is 295 g/mol. The zero-order valence-electron chi connectivity index (χ0n) is 11.2. The Labute approximate surface area is 120 Å². The van der Waals surface area contributed by atoms with Crippen LogP contribution < -0.4 is 16.0 Å². The van der Waals surface area contributed by atoms with E-state index < -0.39 is 29.1 Å². The predicted molar refractivity (Wildman–Crippen MR) is 71.4 cm³/mol. The maximum absolute atomic E-state index is 13.7. The van der Waals surface area contributed by atoms with Crippen molar-refractivity contribution < 1.29 is 18.4 Å². The summed E-state index contributed by atoms with van der Waals surface area (Å²) in [5.74, 6) is -2.49. The van der Waals surface area contributed by atoms with E-state index in [1.807, 2.05) is 0 Å². The Kier molecular flexibility index (Phi) is 3.16. The van der Waals surface area contributed by atoms with Crippen molar-refractivity contribution in [1.82, 2.24) is 5.32 Å². The van der Waals surface area contributed by atoms with Crippen molar-refractivity contribution in [3.05, 3.63) is 29.8 Å². The van der Waals surface area contributed by atoms with Crippen LogP contribution in [0.3, 0.4) is 0 Å². The number of hydrogen-bond donors (Lipinski definition) is 2. The van der Waals surface area contributed by atoms with Crippen molar-refractivity contribution >= 4 is 17.5 Å². The van der Waals surface area contributed by atoms with Gasteiger partial charge in [-0.25, -0.2) is 8.78 Å². The number of hydrogen-bond acceptors (Lipinski definition) is 3. The zero-order chi connectivity index (χ0) is 15.2. The molecule has 7 heteroatoms. The van der Waals surface area contributed by atoms with E-state index in [9.17, 15) is 18.4 Å². The van der Waals surface area contributed by atoms with Gasteiger partial charge in [0.2, 0.25) is 11.8 Å². The van der Waals surface area contributed by atoms with Gasteiger partial charge in [0.25, 0.3) is 0 Å². The van der Waals surface area contributed by atoms with Crippen molar-refractivity contribution in [2.24, 2.45) is 5.73 Å². The summed E-state index contributed by atoms with van der Waals surface area (Å²) in [4.78, 5) is 25.1. The minimum Gasteiger partial charge on any atom is -0.343 e. The molecule has 0 radical (unpaired) electrons. The van der Waals surface area contributed by atoms with Crippen LogP contribution in [0.15, 0.2) is 18.2 Å². The van der Waals surface area contributed by atoms with Gasteiger partial charge in [0, 0.05) is 6.54 Å². The second kappa shape index (κ2) is 4.77. The normalized spacial score (nSPS) is 23.3. The molecule has 2 aliphatic rings. The topological polar surface area (TPSA) is 75.4 Å². The number of halogens is 2. The molecule has 0 bridgehead atoms. The van der Waals surface area contributed by atoms with Gasteiger partial charge in [0.05, 0.1) is 5.54 Å². The van der Waals surface area contributed by atoms with E-state index in [0.717, 1.165) is 17.0 Å². The summed E-state index contributed by atoms with van der Waals surface area (Å²) < 4.78 is 27.4. The lowest BCUT2D eigenvalue weighted by atomic mass is 10.2. The minimum absolute atomic E-state index is 0.152. The largest absolute Gasteiger partial charge is 0.343 e. The molecule has 5 nitrogen and oxygen atoms in total. The lowest BCUT2D eigenvalue weighted by molar-refractivity contribution is -0.127. The number of para-hydroxylation sites is 1. The van der Waals surface area contributed by atoms with Gasteiger partial charge in [-0.2, -0.15) is 0 Å². The molecule has 0 aromatic heterocycles. The van der Waals surface area contributed by atoms with Crippen molar-refractivity contribution in [3.63, 3.8) is 0 Å². The molecule has 1 aromatic rings. The van der Waals surface area contributed by atoms with E-state index in [2.05, 4.69) is 5.32 Å². The molecule has 1 atom stereocenters. The molecule has 1 saturated heterocycles. The first-order valence-corrected chi connectivity index (χ1v) is 6.78. The van der Waals surface area contributed by atoms with Gasteiger partial charge in [-0.05, 0) is 31.4 Å². The van der Waals surface area contributed by atoms with Crippen LogP contribution in [0.4, 0.5) is 14.5 Å². The maximum Gasteiger partial charge on any atom is 0.249 e. The summed E-state index contributed by atoms with van der Waals surface area (Å²) in [6.45, 7) is 0.152. The molecule has 1 aliphatic heterocycles. The van der Waals surface area contributed by atoms with Crippen LogP contribution in [0.1, 0.15) is 19.3 Å². The van der Waals surface area contributed by atoms with Crippen LogP contribution in [0, 0.1) is 11.6 Å². The number of anilines is 1. The van der Waals surface area contributed by atoms with Crippen LogP contribution in [0.2, 0.25) is 0 Å². The van der Waals surface area contributed by atoms with Crippen molar-refractivity contribution in [2.75, 3.05) is 11.4 Å². The highest BCUT2D eigenvalue weighted by atomic mass is 19.1. The molecule has 1 aromatic carbocycles. The van der Waals surface area contributed by atoms with Gasteiger partial charge in [-0.15, -0.1) is 0 Å². The Hall–Kier alpha value is -2.02. The van der Waals surface area contributed by atoms with Crippen LogP contribution in [0.5, 0.6) is 0 Å². The molecule has 21 heavy (non-hydrogen) atoms. The van der Waals surface area contributed by atoms with Gasteiger partial charge < -0.3 is 16.0 Å². The minimum atomic E-state index is -0.878. The fraction of sp³-hybridized carbons (Fsp3) is 0.429. The van der Waals surface area contributed by atoms with E-state index in [4.69, 9.17) is 5.73 Å². The molecule has 2 fully saturated rings. The van der Waals surface area contributed by atoms with E-state index in [1.54, 1.807) is 0 Å². The predicted octanol–water partition coefficient (Wildman–Crippen LogP) is 0.678.